The highest BCUT2D eigenvalue weighted by Crippen LogP contribution is 2.39. The van der Waals surface area contributed by atoms with Crippen molar-refractivity contribution in [2.24, 2.45) is 5.73 Å². The second-order valence-corrected chi connectivity index (χ2v) is 7.82. The Hall–Kier alpha value is -1.20. The molecule has 0 saturated carbocycles. The van der Waals surface area contributed by atoms with Crippen LogP contribution < -0.4 is 5.73 Å². The molecule has 4 aromatic rings. The number of hydrogen-bond donors (Lipinski definition) is 1. The molecule has 0 fully saturated rings. The van der Waals surface area contributed by atoms with Crippen molar-refractivity contribution >= 4 is 58.8 Å². The SMILES string of the molecule is NC(c1cc2ccccc2s1)c1csc2c(Br)cccc12. The number of hydrogen-bond acceptors (Lipinski definition) is 3. The molecule has 1 atom stereocenters. The standard InChI is InChI=1S/C17H12BrNS2/c18-13-6-3-5-11-12(9-20-17(11)13)16(19)15-8-10-4-1-2-7-14(10)21-15/h1-9,16H,19H2. The van der Waals surface area contributed by atoms with Crippen LogP contribution in [0.5, 0.6) is 0 Å². The van der Waals surface area contributed by atoms with E-state index < -0.39 is 0 Å². The molecule has 0 aliphatic heterocycles. The van der Waals surface area contributed by atoms with Gasteiger partial charge in [-0.2, -0.15) is 0 Å². The molecule has 104 valence electrons. The molecule has 4 heteroatoms. The van der Waals surface area contributed by atoms with Crippen molar-refractivity contribution < 1.29 is 0 Å². The van der Waals surface area contributed by atoms with E-state index >= 15 is 0 Å². The summed E-state index contributed by atoms with van der Waals surface area (Å²) in [5, 5.41) is 4.71. The van der Waals surface area contributed by atoms with Gasteiger partial charge in [0.05, 0.1) is 6.04 Å². The van der Waals surface area contributed by atoms with E-state index in [-0.39, 0.29) is 6.04 Å². The Bertz CT molecular complexity index is 905. The maximum absolute atomic E-state index is 6.54. The lowest BCUT2D eigenvalue weighted by Crippen LogP contribution is -2.09. The van der Waals surface area contributed by atoms with Crippen LogP contribution in [0.25, 0.3) is 20.2 Å². The van der Waals surface area contributed by atoms with E-state index in [0.29, 0.717) is 0 Å². The average Bonchev–Trinajstić information content (AvgIpc) is 3.11. The number of halogens is 1. The van der Waals surface area contributed by atoms with Crippen LogP contribution in [-0.2, 0) is 0 Å². The second kappa shape index (κ2) is 5.21. The van der Waals surface area contributed by atoms with Crippen molar-refractivity contribution in [2.45, 2.75) is 6.04 Å². The van der Waals surface area contributed by atoms with Crippen LogP contribution in [0.1, 0.15) is 16.5 Å². The molecule has 0 amide bonds. The van der Waals surface area contributed by atoms with E-state index in [4.69, 9.17) is 5.73 Å². The Morgan fingerprint density at radius 3 is 2.76 bits per heavy atom. The summed E-state index contributed by atoms with van der Waals surface area (Å²) >= 11 is 7.15. The van der Waals surface area contributed by atoms with Crippen molar-refractivity contribution in [3.05, 3.63) is 68.8 Å². The summed E-state index contributed by atoms with van der Waals surface area (Å²) in [5.74, 6) is 0. The summed E-state index contributed by atoms with van der Waals surface area (Å²) in [6.07, 6.45) is 0. The van der Waals surface area contributed by atoms with E-state index in [1.165, 1.54) is 30.6 Å². The fraction of sp³-hybridized carbons (Fsp3) is 0.0588. The molecule has 2 aromatic heterocycles. The molecule has 2 N–H and O–H groups in total. The molecule has 0 bridgehead atoms. The lowest BCUT2D eigenvalue weighted by molar-refractivity contribution is 0.909. The molecule has 0 saturated heterocycles. The zero-order valence-corrected chi connectivity index (χ0v) is 14.3. The maximum Gasteiger partial charge on any atom is 0.0660 e. The summed E-state index contributed by atoms with van der Waals surface area (Å²) in [4.78, 5) is 1.22. The number of benzene rings is 2. The highest BCUT2D eigenvalue weighted by molar-refractivity contribution is 9.10. The minimum Gasteiger partial charge on any atom is -0.320 e. The Morgan fingerprint density at radius 1 is 1.05 bits per heavy atom. The Kier molecular flexibility index (Phi) is 3.34. The average molecular weight is 374 g/mol. The van der Waals surface area contributed by atoms with Crippen molar-refractivity contribution in [1.29, 1.82) is 0 Å². The van der Waals surface area contributed by atoms with Crippen LogP contribution in [-0.4, -0.2) is 0 Å². The van der Waals surface area contributed by atoms with Gasteiger partial charge >= 0.3 is 0 Å². The van der Waals surface area contributed by atoms with E-state index in [2.05, 4.69) is 69.8 Å². The summed E-state index contributed by atoms with van der Waals surface area (Å²) in [6, 6.07) is 16.9. The second-order valence-electron chi connectivity index (χ2n) is 4.97. The van der Waals surface area contributed by atoms with Gasteiger partial charge in [0.25, 0.3) is 0 Å². The van der Waals surface area contributed by atoms with E-state index in [1.807, 2.05) is 0 Å². The van der Waals surface area contributed by atoms with Crippen LogP contribution in [0.2, 0.25) is 0 Å². The quantitative estimate of drug-likeness (QED) is 0.463. The Balaban J connectivity index is 1.85. The fourth-order valence-corrected chi connectivity index (χ4v) is 5.34. The third-order valence-corrected chi connectivity index (χ3v) is 6.84. The smallest absolute Gasteiger partial charge is 0.0660 e. The van der Waals surface area contributed by atoms with Gasteiger partial charge in [-0.25, -0.2) is 0 Å². The lowest BCUT2D eigenvalue weighted by Gasteiger charge is -2.08. The highest BCUT2D eigenvalue weighted by atomic mass is 79.9. The summed E-state index contributed by atoms with van der Waals surface area (Å²) in [6.45, 7) is 0. The Morgan fingerprint density at radius 2 is 1.90 bits per heavy atom. The van der Waals surface area contributed by atoms with Gasteiger partial charge < -0.3 is 5.73 Å². The molecule has 4 rings (SSSR count). The molecule has 21 heavy (non-hydrogen) atoms. The van der Waals surface area contributed by atoms with Crippen molar-refractivity contribution in [3.63, 3.8) is 0 Å². The largest absolute Gasteiger partial charge is 0.320 e. The van der Waals surface area contributed by atoms with E-state index in [9.17, 15) is 0 Å². The topological polar surface area (TPSA) is 26.0 Å². The van der Waals surface area contributed by atoms with Gasteiger partial charge in [0.2, 0.25) is 0 Å². The molecule has 2 heterocycles. The van der Waals surface area contributed by atoms with Crippen molar-refractivity contribution in [3.8, 4) is 0 Å². The van der Waals surface area contributed by atoms with Gasteiger partial charge in [0.1, 0.15) is 0 Å². The fourth-order valence-electron chi connectivity index (χ4n) is 2.59. The molecule has 0 aliphatic rings. The number of fused-ring (bicyclic) bond motifs is 2. The zero-order valence-electron chi connectivity index (χ0n) is 11.0. The molecule has 0 spiro atoms. The van der Waals surface area contributed by atoms with E-state index in [0.717, 1.165) is 4.47 Å². The lowest BCUT2D eigenvalue weighted by atomic mass is 10.0. The molecular weight excluding hydrogens is 362 g/mol. The summed E-state index contributed by atoms with van der Waals surface area (Å²) in [7, 11) is 0. The van der Waals surface area contributed by atoms with Gasteiger partial charge in [0.15, 0.2) is 0 Å². The Labute approximate surface area is 139 Å². The third-order valence-electron chi connectivity index (χ3n) is 3.67. The monoisotopic (exact) mass is 373 g/mol. The number of thiophene rings is 2. The van der Waals surface area contributed by atoms with Crippen LogP contribution in [0.3, 0.4) is 0 Å². The van der Waals surface area contributed by atoms with Crippen molar-refractivity contribution in [1.82, 2.24) is 0 Å². The van der Waals surface area contributed by atoms with Gasteiger partial charge in [0, 0.05) is 18.7 Å². The van der Waals surface area contributed by atoms with E-state index in [1.54, 1.807) is 22.7 Å². The van der Waals surface area contributed by atoms with Crippen LogP contribution in [0, 0.1) is 0 Å². The molecule has 0 radical (unpaired) electrons. The predicted octanol–water partition coefficient (Wildman–Crippen LogP) is 5.93. The van der Waals surface area contributed by atoms with Gasteiger partial charge in [-0.3, -0.25) is 0 Å². The number of rotatable bonds is 2. The summed E-state index contributed by atoms with van der Waals surface area (Å²) in [5.41, 5.74) is 7.75. The molecule has 1 unspecified atom stereocenters. The van der Waals surface area contributed by atoms with Crippen LogP contribution in [0.4, 0.5) is 0 Å². The molecular formula is C17H12BrNS2. The first kappa shape index (κ1) is 13.5. The molecule has 1 nitrogen and oxygen atoms in total. The first-order valence-electron chi connectivity index (χ1n) is 6.64. The van der Waals surface area contributed by atoms with Gasteiger partial charge in [-0.1, -0.05) is 30.3 Å². The minimum atomic E-state index is -0.0644. The normalized spacial score (nSPS) is 13.0. The van der Waals surface area contributed by atoms with Crippen LogP contribution >= 0.6 is 38.6 Å². The van der Waals surface area contributed by atoms with Gasteiger partial charge in [-0.05, 0) is 55.8 Å². The number of nitrogens with two attached hydrogens (primary N) is 1. The van der Waals surface area contributed by atoms with Crippen molar-refractivity contribution in [2.75, 3.05) is 0 Å². The third kappa shape index (κ3) is 2.23. The minimum absolute atomic E-state index is 0.0644. The first-order chi connectivity index (χ1) is 10.2. The summed E-state index contributed by atoms with van der Waals surface area (Å²) < 4.78 is 3.70. The predicted molar refractivity (Wildman–Crippen MR) is 97.4 cm³/mol. The maximum atomic E-state index is 6.54. The molecule has 0 aliphatic carbocycles. The zero-order chi connectivity index (χ0) is 14.4. The first-order valence-corrected chi connectivity index (χ1v) is 9.12. The molecule has 2 aromatic carbocycles. The van der Waals surface area contributed by atoms with Crippen LogP contribution in [0.15, 0.2) is 58.4 Å². The van der Waals surface area contributed by atoms with Gasteiger partial charge in [-0.15, -0.1) is 22.7 Å². The highest BCUT2D eigenvalue weighted by Gasteiger charge is 2.17.